The van der Waals surface area contributed by atoms with E-state index in [2.05, 4.69) is 11.7 Å². The SMILES string of the molecule is CCCCCCCCCCCCCCP(CCCC)(CCCC)(CCCC)OS(=O)(=O)C(F)(F)C(F)OC(F)(F)F. The molecule has 0 aliphatic carbocycles. The summed E-state index contributed by atoms with van der Waals surface area (Å²) < 4.78 is 115. The van der Waals surface area contributed by atoms with Crippen molar-refractivity contribution in [2.75, 3.05) is 24.6 Å². The first-order valence-electron chi connectivity index (χ1n) is 15.9. The Labute approximate surface area is 246 Å². The van der Waals surface area contributed by atoms with Gasteiger partial charge in [0.1, 0.15) is 0 Å². The fourth-order valence-electron chi connectivity index (χ4n) is 5.47. The van der Waals surface area contributed by atoms with Crippen LogP contribution in [0.15, 0.2) is 0 Å². The molecule has 0 fully saturated rings. The summed E-state index contributed by atoms with van der Waals surface area (Å²) >= 11 is 0. The van der Waals surface area contributed by atoms with Crippen LogP contribution in [0.2, 0.25) is 0 Å². The molecule has 0 saturated carbocycles. The van der Waals surface area contributed by atoms with Crippen molar-refractivity contribution in [3.05, 3.63) is 0 Å². The van der Waals surface area contributed by atoms with E-state index in [0.29, 0.717) is 44.9 Å². The first kappa shape index (κ1) is 40.9. The molecule has 0 N–H and O–H groups in total. The quantitative estimate of drug-likeness (QED) is 0.0506. The Morgan fingerprint density at radius 2 is 0.878 bits per heavy atom. The van der Waals surface area contributed by atoms with Gasteiger partial charge in [0.15, 0.2) is 0 Å². The number of hydrogen-bond acceptors (Lipinski definition) is 4. The summed E-state index contributed by atoms with van der Waals surface area (Å²) in [7, 11) is -6.08. The third-order valence-electron chi connectivity index (χ3n) is 7.95. The number of halogens is 6. The summed E-state index contributed by atoms with van der Waals surface area (Å²) in [6, 6.07) is 0. The van der Waals surface area contributed by atoms with Crippen LogP contribution in [0.4, 0.5) is 26.3 Å². The zero-order valence-electron chi connectivity index (χ0n) is 25.9. The second kappa shape index (κ2) is 20.0. The van der Waals surface area contributed by atoms with Crippen molar-refractivity contribution >= 4 is 16.9 Å². The van der Waals surface area contributed by atoms with Crippen LogP contribution in [0.25, 0.3) is 0 Å². The topological polar surface area (TPSA) is 52.6 Å². The van der Waals surface area contributed by atoms with Gasteiger partial charge in [-0.2, -0.15) is 0 Å². The zero-order valence-corrected chi connectivity index (χ0v) is 27.6. The van der Waals surface area contributed by atoms with Crippen LogP contribution in [0.1, 0.15) is 143 Å². The van der Waals surface area contributed by atoms with Crippen LogP contribution in [0.3, 0.4) is 0 Å². The molecule has 0 aromatic carbocycles. The molecule has 0 rings (SSSR count). The van der Waals surface area contributed by atoms with Crippen LogP contribution in [0, 0.1) is 0 Å². The van der Waals surface area contributed by atoms with Crippen LogP contribution in [-0.4, -0.2) is 51.0 Å². The van der Waals surface area contributed by atoms with Gasteiger partial charge in [0.25, 0.3) is 0 Å². The van der Waals surface area contributed by atoms with Crippen LogP contribution < -0.4 is 0 Å². The summed E-state index contributed by atoms with van der Waals surface area (Å²) in [6.07, 6.45) is 7.55. The Morgan fingerprint density at radius 1 is 0.561 bits per heavy atom. The molecule has 0 radical (unpaired) electrons. The fourth-order valence-corrected chi connectivity index (χ4v) is 15.3. The van der Waals surface area contributed by atoms with E-state index in [-0.39, 0.29) is 24.6 Å². The van der Waals surface area contributed by atoms with E-state index >= 15 is 0 Å². The van der Waals surface area contributed by atoms with Crippen molar-refractivity contribution in [1.82, 2.24) is 0 Å². The summed E-state index contributed by atoms with van der Waals surface area (Å²) in [6.45, 7) is 3.94. The number of unbranched alkanes of at least 4 members (excludes halogenated alkanes) is 14. The molecule has 0 bridgehead atoms. The number of ether oxygens (including phenoxy) is 1. The van der Waals surface area contributed by atoms with E-state index in [1.165, 1.54) is 38.5 Å². The van der Waals surface area contributed by atoms with Crippen molar-refractivity contribution in [3.63, 3.8) is 0 Å². The Kier molecular flexibility index (Phi) is 20.0. The van der Waals surface area contributed by atoms with E-state index < -0.39 is 34.9 Å². The summed E-state index contributed by atoms with van der Waals surface area (Å²) in [5.74, 6) is 0. The Hall–Kier alpha value is -0.120. The molecular weight excluding hydrogens is 589 g/mol. The molecule has 0 aromatic rings. The molecule has 0 aliphatic rings. The Bertz CT molecular complexity index is 755. The van der Waals surface area contributed by atoms with Gasteiger partial charge in [-0.05, 0) is 0 Å². The maximum atomic E-state index is 14.8. The van der Waals surface area contributed by atoms with Gasteiger partial charge in [-0.3, -0.25) is 0 Å². The molecule has 0 saturated heterocycles. The third-order valence-corrected chi connectivity index (χ3v) is 17.1. The molecule has 0 aromatic heterocycles. The van der Waals surface area contributed by atoms with E-state index in [1.807, 2.05) is 20.8 Å². The first-order chi connectivity index (χ1) is 19.1. The normalized spacial score (nSPS) is 15.1. The second-order valence-electron chi connectivity index (χ2n) is 11.7. The van der Waals surface area contributed by atoms with Crippen molar-refractivity contribution in [2.24, 2.45) is 0 Å². The van der Waals surface area contributed by atoms with E-state index in [4.69, 9.17) is 3.97 Å². The molecule has 4 nitrogen and oxygen atoms in total. The predicted octanol–water partition coefficient (Wildman–Crippen LogP) is 11.3. The van der Waals surface area contributed by atoms with Gasteiger partial charge >= 0.3 is 233 Å². The Balaban J connectivity index is 5.75. The summed E-state index contributed by atoms with van der Waals surface area (Å²) in [5, 5.41) is -5.51. The standard InChI is InChI=1S/C29H57F6O4PS/c1-5-9-13-14-15-16-17-18-19-20-21-22-26-40(23-10-6-2,24-11-7-3,25-12-8-4)39-41(36,37)28(31,32)27(30)38-29(33,34)35/h27H,5-26H2,1-4H3. The van der Waals surface area contributed by atoms with Crippen molar-refractivity contribution in [1.29, 1.82) is 0 Å². The minimum atomic E-state index is -6.08. The molecular formula is C29H57F6O4PS. The second-order valence-corrected chi connectivity index (χ2v) is 19.2. The average molecular weight is 647 g/mol. The average Bonchev–Trinajstić information content (AvgIpc) is 2.89. The fraction of sp³-hybridized carbons (Fsp3) is 1.00. The number of hydrogen-bond donors (Lipinski definition) is 0. The summed E-state index contributed by atoms with van der Waals surface area (Å²) in [5.41, 5.74) is 0. The van der Waals surface area contributed by atoms with E-state index in [0.717, 1.165) is 32.1 Å². The van der Waals surface area contributed by atoms with E-state index in [1.54, 1.807) is 0 Å². The molecule has 12 heteroatoms. The van der Waals surface area contributed by atoms with Crippen molar-refractivity contribution in [2.45, 2.75) is 161 Å². The molecule has 0 aliphatic heterocycles. The van der Waals surface area contributed by atoms with Crippen molar-refractivity contribution in [3.8, 4) is 0 Å². The molecule has 0 spiro atoms. The third kappa shape index (κ3) is 15.4. The zero-order chi connectivity index (χ0) is 31.5. The number of rotatable bonds is 27. The van der Waals surface area contributed by atoms with Crippen LogP contribution >= 0.6 is 6.83 Å². The molecule has 1 unspecified atom stereocenters. The van der Waals surface area contributed by atoms with Gasteiger partial charge in [0.05, 0.1) is 0 Å². The van der Waals surface area contributed by atoms with Crippen LogP contribution in [0.5, 0.6) is 0 Å². The summed E-state index contributed by atoms with van der Waals surface area (Å²) in [4.78, 5) is 0. The molecule has 1 atom stereocenters. The van der Waals surface area contributed by atoms with Crippen molar-refractivity contribution < 1.29 is 43.5 Å². The van der Waals surface area contributed by atoms with Crippen LogP contribution in [-0.2, 0) is 18.8 Å². The van der Waals surface area contributed by atoms with Gasteiger partial charge in [0.2, 0.25) is 0 Å². The molecule has 0 amide bonds. The molecule has 41 heavy (non-hydrogen) atoms. The Morgan fingerprint density at radius 3 is 1.22 bits per heavy atom. The monoisotopic (exact) mass is 646 g/mol. The minimum absolute atomic E-state index is 0.270. The van der Waals surface area contributed by atoms with Gasteiger partial charge in [0, 0.05) is 0 Å². The van der Waals surface area contributed by atoms with Gasteiger partial charge in [-0.15, -0.1) is 0 Å². The van der Waals surface area contributed by atoms with Gasteiger partial charge in [-0.25, -0.2) is 0 Å². The molecule has 250 valence electrons. The maximum absolute atomic E-state index is 14.8. The van der Waals surface area contributed by atoms with Gasteiger partial charge < -0.3 is 0 Å². The first-order valence-corrected chi connectivity index (χ1v) is 20.2. The van der Waals surface area contributed by atoms with E-state index in [9.17, 15) is 34.8 Å². The van der Waals surface area contributed by atoms with Gasteiger partial charge in [-0.1, -0.05) is 13.3 Å². The number of alkyl halides is 6. The predicted molar refractivity (Wildman–Crippen MR) is 159 cm³/mol. The molecule has 0 heterocycles.